The number of aliphatic hydroxyl groups is 1. The van der Waals surface area contributed by atoms with Gasteiger partial charge in [0.2, 0.25) is 0 Å². The fraction of sp³-hybridized carbons (Fsp3) is 0.214. The molecule has 2 aromatic rings. The average molecular weight is 273 g/mol. The van der Waals surface area contributed by atoms with Crippen LogP contribution in [0.15, 0.2) is 43.0 Å². The quantitative estimate of drug-likeness (QED) is 0.495. The molecule has 1 aromatic carbocycles. The van der Waals surface area contributed by atoms with E-state index in [4.69, 9.17) is 5.11 Å². The molecule has 1 heterocycles. The first-order valence-corrected chi connectivity index (χ1v) is 6.17. The highest BCUT2D eigenvalue weighted by Gasteiger charge is 2.10. The SMILES string of the molecule is C=CCN(CCO)c1ccc2cc([N+](=O)[O-])ccc2n1. The average Bonchev–Trinajstić information content (AvgIpc) is 2.46. The largest absolute Gasteiger partial charge is 0.395 e. The molecule has 104 valence electrons. The fourth-order valence-electron chi connectivity index (χ4n) is 1.97. The van der Waals surface area contributed by atoms with Gasteiger partial charge in [0, 0.05) is 30.6 Å². The molecule has 0 unspecified atom stereocenters. The highest BCUT2D eigenvalue weighted by atomic mass is 16.6. The van der Waals surface area contributed by atoms with E-state index in [1.807, 2.05) is 4.90 Å². The molecule has 2 rings (SSSR count). The van der Waals surface area contributed by atoms with Crippen LogP contribution in [0.5, 0.6) is 0 Å². The first-order valence-electron chi connectivity index (χ1n) is 6.17. The second-order valence-electron chi connectivity index (χ2n) is 4.26. The molecule has 1 aromatic heterocycles. The Morgan fingerprint density at radius 2 is 2.20 bits per heavy atom. The minimum Gasteiger partial charge on any atom is -0.395 e. The molecular formula is C14H15N3O3. The number of anilines is 1. The van der Waals surface area contributed by atoms with Crippen molar-refractivity contribution in [3.05, 3.63) is 53.1 Å². The van der Waals surface area contributed by atoms with Crippen molar-refractivity contribution in [3.63, 3.8) is 0 Å². The van der Waals surface area contributed by atoms with Crippen LogP contribution in [0.3, 0.4) is 0 Å². The molecule has 20 heavy (non-hydrogen) atoms. The third-order valence-corrected chi connectivity index (χ3v) is 2.91. The van der Waals surface area contributed by atoms with Crippen molar-refractivity contribution in [1.82, 2.24) is 4.98 Å². The van der Waals surface area contributed by atoms with Crippen molar-refractivity contribution in [2.75, 3.05) is 24.6 Å². The Hall–Kier alpha value is -2.47. The van der Waals surface area contributed by atoms with Gasteiger partial charge in [-0.05, 0) is 18.2 Å². The molecule has 0 amide bonds. The van der Waals surface area contributed by atoms with Crippen molar-refractivity contribution in [2.24, 2.45) is 0 Å². The van der Waals surface area contributed by atoms with Gasteiger partial charge >= 0.3 is 0 Å². The van der Waals surface area contributed by atoms with Crippen LogP contribution in [-0.4, -0.2) is 34.7 Å². The lowest BCUT2D eigenvalue weighted by Crippen LogP contribution is -2.27. The molecule has 0 saturated carbocycles. The Morgan fingerprint density at radius 3 is 2.85 bits per heavy atom. The van der Waals surface area contributed by atoms with Crippen molar-refractivity contribution >= 4 is 22.4 Å². The zero-order valence-electron chi connectivity index (χ0n) is 10.9. The predicted molar refractivity (Wildman–Crippen MR) is 77.9 cm³/mol. The summed E-state index contributed by atoms with van der Waals surface area (Å²) < 4.78 is 0. The fourth-order valence-corrected chi connectivity index (χ4v) is 1.97. The number of benzene rings is 1. The minimum atomic E-state index is -0.427. The maximum absolute atomic E-state index is 10.7. The number of fused-ring (bicyclic) bond motifs is 1. The maximum Gasteiger partial charge on any atom is 0.270 e. The summed E-state index contributed by atoms with van der Waals surface area (Å²) in [5, 5.41) is 20.5. The molecule has 0 radical (unpaired) electrons. The van der Waals surface area contributed by atoms with E-state index in [9.17, 15) is 10.1 Å². The van der Waals surface area contributed by atoms with Crippen LogP contribution >= 0.6 is 0 Å². The molecule has 0 bridgehead atoms. The number of aliphatic hydroxyl groups excluding tert-OH is 1. The number of nitro benzene ring substituents is 1. The summed E-state index contributed by atoms with van der Waals surface area (Å²) in [6.07, 6.45) is 1.73. The zero-order valence-corrected chi connectivity index (χ0v) is 10.9. The molecule has 0 aliphatic heterocycles. The van der Waals surface area contributed by atoms with Crippen LogP contribution in [0.1, 0.15) is 0 Å². The van der Waals surface area contributed by atoms with Gasteiger partial charge in [-0.25, -0.2) is 4.98 Å². The standard InChI is InChI=1S/C14H15N3O3/c1-2-7-16(8-9-18)14-6-3-11-10-12(17(19)20)4-5-13(11)15-14/h2-6,10,18H,1,7-9H2. The number of hydrogen-bond acceptors (Lipinski definition) is 5. The number of rotatable bonds is 6. The molecule has 6 nitrogen and oxygen atoms in total. The summed E-state index contributed by atoms with van der Waals surface area (Å²) in [7, 11) is 0. The van der Waals surface area contributed by atoms with E-state index in [2.05, 4.69) is 11.6 Å². The zero-order chi connectivity index (χ0) is 14.5. The molecular weight excluding hydrogens is 258 g/mol. The molecule has 0 aliphatic carbocycles. The summed E-state index contributed by atoms with van der Waals surface area (Å²) in [4.78, 5) is 16.6. The van der Waals surface area contributed by atoms with E-state index in [0.29, 0.717) is 29.8 Å². The Balaban J connectivity index is 2.40. The Bertz CT molecular complexity index is 643. The summed E-state index contributed by atoms with van der Waals surface area (Å²) in [6.45, 7) is 4.73. The number of non-ortho nitro benzene ring substituents is 1. The number of nitro groups is 1. The van der Waals surface area contributed by atoms with Crippen molar-refractivity contribution in [1.29, 1.82) is 0 Å². The molecule has 0 saturated heterocycles. The lowest BCUT2D eigenvalue weighted by Gasteiger charge is -2.21. The summed E-state index contributed by atoms with van der Waals surface area (Å²) >= 11 is 0. The number of pyridine rings is 1. The smallest absolute Gasteiger partial charge is 0.270 e. The van der Waals surface area contributed by atoms with Gasteiger partial charge < -0.3 is 10.0 Å². The highest BCUT2D eigenvalue weighted by Crippen LogP contribution is 2.22. The summed E-state index contributed by atoms with van der Waals surface area (Å²) in [5.41, 5.74) is 0.727. The summed E-state index contributed by atoms with van der Waals surface area (Å²) in [6, 6.07) is 8.13. The highest BCUT2D eigenvalue weighted by molar-refractivity contribution is 5.82. The van der Waals surface area contributed by atoms with Gasteiger partial charge in [-0.2, -0.15) is 0 Å². The Morgan fingerprint density at radius 1 is 1.40 bits per heavy atom. The third-order valence-electron chi connectivity index (χ3n) is 2.91. The number of hydrogen-bond donors (Lipinski definition) is 1. The van der Waals surface area contributed by atoms with Gasteiger partial charge in [0.25, 0.3) is 5.69 Å². The normalized spacial score (nSPS) is 10.4. The predicted octanol–water partition coefficient (Wildman–Crippen LogP) is 2.13. The van der Waals surface area contributed by atoms with Crippen molar-refractivity contribution in [2.45, 2.75) is 0 Å². The Kier molecular flexibility index (Phi) is 4.27. The van der Waals surface area contributed by atoms with E-state index >= 15 is 0 Å². The van der Waals surface area contributed by atoms with E-state index in [1.165, 1.54) is 12.1 Å². The van der Waals surface area contributed by atoms with Crippen molar-refractivity contribution < 1.29 is 10.0 Å². The minimum absolute atomic E-state index is 0.0216. The van der Waals surface area contributed by atoms with E-state index in [-0.39, 0.29) is 12.3 Å². The lowest BCUT2D eigenvalue weighted by molar-refractivity contribution is -0.384. The van der Waals surface area contributed by atoms with Gasteiger partial charge in [-0.3, -0.25) is 10.1 Å². The monoisotopic (exact) mass is 273 g/mol. The molecule has 0 aliphatic rings. The van der Waals surface area contributed by atoms with Crippen LogP contribution < -0.4 is 4.90 Å². The van der Waals surface area contributed by atoms with Gasteiger partial charge in [0.15, 0.2) is 0 Å². The maximum atomic E-state index is 10.7. The second kappa shape index (κ2) is 6.12. The van der Waals surface area contributed by atoms with Crippen LogP contribution in [0.4, 0.5) is 11.5 Å². The summed E-state index contributed by atoms with van der Waals surface area (Å²) in [5.74, 6) is 0.709. The molecule has 0 atom stereocenters. The van der Waals surface area contributed by atoms with E-state index in [0.717, 1.165) is 0 Å². The topological polar surface area (TPSA) is 79.5 Å². The van der Waals surface area contributed by atoms with Crippen LogP contribution in [0, 0.1) is 10.1 Å². The molecule has 6 heteroatoms. The Labute approximate surface area is 116 Å². The van der Waals surface area contributed by atoms with Gasteiger partial charge in [-0.1, -0.05) is 6.08 Å². The van der Waals surface area contributed by atoms with Crippen LogP contribution in [0.25, 0.3) is 10.9 Å². The lowest BCUT2D eigenvalue weighted by atomic mass is 10.2. The molecule has 0 fully saturated rings. The molecule has 1 N–H and O–H groups in total. The van der Waals surface area contributed by atoms with Crippen molar-refractivity contribution in [3.8, 4) is 0 Å². The number of aromatic nitrogens is 1. The van der Waals surface area contributed by atoms with Gasteiger partial charge in [-0.15, -0.1) is 6.58 Å². The number of nitrogens with zero attached hydrogens (tertiary/aromatic N) is 3. The van der Waals surface area contributed by atoms with Gasteiger partial charge in [0.05, 0.1) is 17.0 Å². The third kappa shape index (κ3) is 2.92. The van der Waals surface area contributed by atoms with Crippen LogP contribution in [-0.2, 0) is 0 Å². The first-order chi connectivity index (χ1) is 9.65. The first kappa shape index (κ1) is 14.0. The second-order valence-corrected chi connectivity index (χ2v) is 4.26. The van der Waals surface area contributed by atoms with Crippen LogP contribution in [0.2, 0.25) is 0 Å². The van der Waals surface area contributed by atoms with E-state index in [1.54, 1.807) is 24.3 Å². The van der Waals surface area contributed by atoms with E-state index < -0.39 is 4.92 Å². The molecule has 0 spiro atoms. The van der Waals surface area contributed by atoms with Gasteiger partial charge in [0.1, 0.15) is 5.82 Å².